The fraction of sp³-hybridized carbons (Fsp3) is 0.684. The molecule has 0 unspecified atom stereocenters. The summed E-state index contributed by atoms with van der Waals surface area (Å²) in [6.45, 7) is 8.16. The van der Waals surface area contributed by atoms with Gasteiger partial charge in [0.2, 0.25) is 0 Å². The molecule has 160 valence electrons. The second-order valence-electron chi connectivity index (χ2n) is 7.12. The Morgan fingerprint density at radius 1 is 0.966 bits per heavy atom. The summed E-state index contributed by atoms with van der Waals surface area (Å²) in [7, 11) is 0. The highest BCUT2D eigenvalue weighted by Crippen LogP contribution is 2.32. The molecule has 2 fully saturated rings. The van der Waals surface area contributed by atoms with Gasteiger partial charge in [-0.3, -0.25) is 4.79 Å². The number of hydrogen-bond acceptors (Lipinski definition) is 9. The Balaban J connectivity index is 1.62. The zero-order chi connectivity index (χ0) is 20.8. The molecule has 1 aromatic rings. The van der Waals surface area contributed by atoms with Gasteiger partial charge in [0.15, 0.2) is 11.6 Å². The molecule has 0 atom stereocenters. The van der Waals surface area contributed by atoms with Crippen LogP contribution in [-0.2, 0) is 14.3 Å². The van der Waals surface area contributed by atoms with Crippen LogP contribution in [0, 0.1) is 5.92 Å². The number of aromatic nitrogens is 2. The Bertz CT molecular complexity index is 658. The quantitative estimate of drug-likeness (QED) is 0.718. The topological polar surface area (TPSA) is 114 Å². The van der Waals surface area contributed by atoms with Crippen LogP contribution in [0.5, 0.6) is 0 Å². The molecule has 0 aromatic carbocycles. The fourth-order valence-electron chi connectivity index (χ4n) is 3.78. The zero-order valence-electron chi connectivity index (χ0n) is 17.2. The number of amides is 1. The summed E-state index contributed by atoms with van der Waals surface area (Å²) in [5, 5.41) is 0. The van der Waals surface area contributed by atoms with E-state index in [1.54, 1.807) is 11.8 Å². The van der Waals surface area contributed by atoms with E-state index in [0.29, 0.717) is 69.8 Å². The second kappa shape index (κ2) is 9.62. The van der Waals surface area contributed by atoms with Crippen molar-refractivity contribution >= 4 is 29.4 Å². The van der Waals surface area contributed by atoms with Crippen LogP contribution < -0.4 is 15.5 Å². The van der Waals surface area contributed by atoms with Gasteiger partial charge in [0.25, 0.3) is 0 Å². The molecule has 0 radical (unpaired) electrons. The first kappa shape index (κ1) is 20.9. The molecule has 0 spiro atoms. The molecule has 0 saturated carbocycles. The molecule has 2 aliphatic rings. The van der Waals surface area contributed by atoms with Gasteiger partial charge in [-0.1, -0.05) is 0 Å². The summed E-state index contributed by atoms with van der Waals surface area (Å²) in [4.78, 5) is 38.5. The van der Waals surface area contributed by atoms with Crippen molar-refractivity contribution in [1.82, 2.24) is 14.9 Å². The third-order valence-corrected chi connectivity index (χ3v) is 5.36. The first-order chi connectivity index (χ1) is 14.0. The van der Waals surface area contributed by atoms with Gasteiger partial charge in [0, 0.05) is 39.3 Å². The highest BCUT2D eigenvalue weighted by Gasteiger charge is 2.29. The van der Waals surface area contributed by atoms with Crippen LogP contribution in [0.4, 0.5) is 22.1 Å². The number of hydrogen-bond donors (Lipinski definition) is 1. The molecule has 10 heteroatoms. The van der Waals surface area contributed by atoms with E-state index in [-0.39, 0.29) is 18.0 Å². The minimum atomic E-state index is -0.284. The van der Waals surface area contributed by atoms with Crippen LogP contribution in [0.3, 0.4) is 0 Å². The first-order valence-electron chi connectivity index (χ1n) is 10.2. The monoisotopic (exact) mass is 406 g/mol. The van der Waals surface area contributed by atoms with Crippen LogP contribution in [0.1, 0.15) is 26.7 Å². The van der Waals surface area contributed by atoms with Crippen molar-refractivity contribution in [3.63, 3.8) is 0 Å². The van der Waals surface area contributed by atoms with Gasteiger partial charge in [-0.25, -0.2) is 14.8 Å². The molecular formula is C19H30N6O4. The third kappa shape index (κ3) is 4.80. The van der Waals surface area contributed by atoms with Crippen molar-refractivity contribution in [1.29, 1.82) is 0 Å². The van der Waals surface area contributed by atoms with Crippen LogP contribution >= 0.6 is 0 Å². The van der Waals surface area contributed by atoms with Gasteiger partial charge in [-0.15, -0.1) is 0 Å². The van der Waals surface area contributed by atoms with Gasteiger partial charge in [0.05, 0.1) is 19.1 Å². The molecule has 1 aromatic heterocycles. The lowest BCUT2D eigenvalue weighted by atomic mass is 9.97. The average Bonchev–Trinajstić information content (AvgIpc) is 2.74. The number of esters is 1. The summed E-state index contributed by atoms with van der Waals surface area (Å²) in [5.74, 6) is 1.20. The molecule has 29 heavy (non-hydrogen) atoms. The van der Waals surface area contributed by atoms with Crippen LogP contribution in [0.15, 0.2) is 6.33 Å². The SMILES string of the molecule is CCOC(=O)C1CCN(c2ncnc(N3CCN(C(=O)OCC)CC3)c2N)CC1. The maximum Gasteiger partial charge on any atom is 0.409 e. The zero-order valence-corrected chi connectivity index (χ0v) is 17.2. The van der Waals surface area contributed by atoms with Crippen LogP contribution in [0.2, 0.25) is 0 Å². The van der Waals surface area contributed by atoms with Crippen molar-refractivity contribution < 1.29 is 19.1 Å². The molecule has 3 rings (SSSR count). The van der Waals surface area contributed by atoms with Gasteiger partial charge >= 0.3 is 12.1 Å². The van der Waals surface area contributed by atoms with Crippen molar-refractivity contribution in [2.75, 3.05) is 68.0 Å². The Hall–Kier alpha value is -2.78. The number of ether oxygens (including phenoxy) is 2. The highest BCUT2D eigenvalue weighted by molar-refractivity contribution is 5.77. The smallest absolute Gasteiger partial charge is 0.409 e. The van der Waals surface area contributed by atoms with Crippen LogP contribution in [-0.4, -0.2) is 79.4 Å². The van der Waals surface area contributed by atoms with E-state index in [9.17, 15) is 9.59 Å². The molecule has 3 heterocycles. The number of nitrogens with zero attached hydrogens (tertiary/aromatic N) is 5. The Labute approximate surface area is 171 Å². The van der Waals surface area contributed by atoms with Gasteiger partial charge < -0.3 is 29.9 Å². The van der Waals surface area contributed by atoms with Gasteiger partial charge in [0.1, 0.15) is 12.0 Å². The van der Waals surface area contributed by atoms with Crippen LogP contribution in [0.25, 0.3) is 0 Å². The molecule has 0 bridgehead atoms. The van der Waals surface area contributed by atoms with E-state index in [2.05, 4.69) is 19.8 Å². The Morgan fingerprint density at radius 2 is 1.52 bits per heavy atom. The number of rotatable bonds is 5. The highest BCUT2D eigenvalue weighted by atomic mass is 16.6. The minimum Gasteiger partial charge on any atom is -0.466 e. The standard InChI is InChI=1S/C19H30N6O4/c1-3-28-18(26)14-5-7-23(8-6-14)16-15(20)17(22-13-21-16)24-9-11-25(12-10-24)19(27)29-4-2/h13-14H,3-12,20H2,1-2H3. The summed E-state index contributed by atoms with van der Waals surface area (Å²) >= 11 is 0. The van der Waals surface area contributed by atoms with Crippen molar-refractivity contribution in [3.8, 4) is 0 Å². The largest absolute Gasteiger partial charge is 0.466 e. The molecule has 0 aliphatic carbocycles. The summed E-state index contributed by atoms with van der Waals surface area (Å²) in [6.07, 6.45) is 2.68. The van der Waals surface area contributed by atoms with Crippen molar-refractivity contribution in [3.05, 3.63) is 6.33 Å². The maximum atomic E-state index is 11.9. The summed E-state index contributed by atoms with van der Waals surface area (Å²) < 4.78 is 10.2. The van der Waals surface area contributed by atoms with E-state index in [1.165, 1.54) is 6.33 Å². The third-order valence-electron chi connectivity index (χ3n) is 5.36. The number of piperazine rings is 1. The lowest BCUT2D eigenvalue weighted by Crippen LogP contribution is -2.49. The molecule has 10 nitrogen and oxygen atoms in total. The Morgan fingerprint density at radius 3 is 2.07 bits per heavy atom. The van der Waals surface area contributed by atoms with Gasteiger partial charge in [-0.2, -0.15) is 0 Å². The van der Waals surface area contributed by atoms with Crippen molar-refractivity contribution in [2.45, 2.75) is 26.7 Å². The van der Waals surface area contributed by atoms with E-state index < -0.39 is 0 Å². The lowest BCUT2D eigenvalue weighted by Gasteiger charge is -2.36. The normalized spacial score (nSPS) is 17.9. The number of nitrogens with two attached hydrogens (primary N) is 1. The van der Waals surface area contributed by atoms with Gasteiger partial charge in [-0.05, 0) is 26.7 Å². The minimum absolute atomic E-state index is 0.0651. The maximum absolute atomic E-state index is 11.9. The molecule has 1 amide bonds. The summed E-state index contributed by atoms with van der Waals surface area (Å²) in [5.41, 5.74) is 6.96. The number of carbonyl (C=O) groups is 2. The number of carbonyl (C=O) groups excluding carboxylic acids is 2. The first-order valence-corrected chi connectivity index (χ1v) is 10.2. The predicted molar refractivity (Wildman–Crippen MR) is 109 cm³/mol. The average molecular weight is 406 g/mol. The van der Waals surface area contributed by atoms with E-state index >= 15 is 0 Å². The van der Waals surface area contributed by atoms with E-state index in [1.807, 2.05) is 6.92 Å². The predicted octanol–water partition coefficient (Wildman–Crippen LogP) is 1.12. The van der Waals surface area contributed by atoms with E-state index in [4.69, 9.17) is 15.2 Å². The second-order valence-corrected chi connectivity index (χ2v) is 7.12. The Kier molecular flexibility index (Phi) is 6.95. The molecule has 2 saturated heterocycles. The lowest BCUT2D eigenvalue weighted by molar-refractivity contribution is -0.148. The summed E-state index contributed by atoms with van der Waals surface area (Å²) in [6, 6.07) is 0. The molecule has 2 N–H and O–H groups in total. The molecular weight excluding hydrogens is 376 g/mol. The number of nitrogen functional groups attached to an aromatic ring is 1. The number of piperidine rings is 1. The fourth-order valence-corrected chi connectivity index (χ4v) is 3.78. The molecule has 2 aliphatic heterocycles. The van der Waals surface area contributed by atoms with Crippen molar-refractivity contribution in [2.24, 2.45) is 5.92 Å². The van der Waals surface area contributed by atoms with E-state index in [0.717, 1.165) is 12.8 Å². The number of anilines is 3.